The van der Waals surface area contributed by atoms with Crippen molar-refractivity contribution in [3.05, 3.63) is 92.9 Å². The lowest BCUT2D eigenvalue weighted by atomic mass is 10.1. The number of aromatic nitrogens is 3. The number of likely N-dealkylation sites (N-methyl/N-ethyl adjacent to an activating group) is 1. The second kappa shape index (κ2) is 15.5. The fourth-order valence-electron chi connectivity index (χ4n) is 5.14. The Labute approximate surface area is 275 Å². The number of hydrogen-bond acceptors (Lipinski definition) is 9. The maximum absolute atomic E-state index is 13.2. The fraction of sp³-hybridized carbons (Fsp3) is 0.312. The van der Waals surface area contributed by atoms with E-state index in [0.29, 0.717) is 23.4 Å². The summed E-state index contributed by atoms with van der Waals surface area (Å²) in [4.78, 5) is 66.5. The highest BCUT2D eigenvalue weighted by Gasteiger charge is 2.20. The number of nitrogens with zero attached hydrogens (tertiary/aromatic N) is 4. The van der Waals surface area contributed by atoms with E-state index in [1.807, 2.05) is 0 Å². The van der Waals surface area contributed by atoms with Gasteiger partial charge in [-0.15, -0.1) is 0 Å². The molecule has 1 fully saturated rings. The average molecular weight is 662 g/mol. The lowest BCUT2D eigenvalue weighted by Crippen LogP contribution is -2.44. The van der Waals surface area contributed by atoms with Crippen LogP contribution in [0.4, 0.5) is 16.4 Å². The number of H-pyrrole nitrogens is 1. The van der Waals surface area contributed by atoms with Crippen LogP contribution in [0.15, 0.2) is 65.6 Å². The number of carboxylic acid groups (broad SMARTS) is 1. The Kier molecular flexibility index (Phi) is 11.0. The van der Waals surface area contributed by atoms with Crippen LogP contribution in [0, 0.1) is 0 Å². The Bertz CT molecular complexity index is 1800. The minimum Gasteiger partial charge on any atom is -0.465 e. The van der Waals surface area contributed by atoms with Crippen molar-refractivity contribution >= 4 is 52.2 Å². The lowest BCUT2D eigenvalue weighted by Gasteiger charge is -2.32. The first kappa shape index (κ1) is 33.3. The minimum atomic E-state index is -1.23. The van der Waals surface area contributed by atoms with Gasteiger partial charge in [0, 0.05) is 56.4 Å². The topological polar surface area (TPSA) is 185 Å². The van der Waals surface area contributed by atoms with E-state index in [9.17, 15) is 19.2 Å². The zero-order valence-corrected chi connectivity index (χ0v) is 26.5. The molecular formula is C32H36ClN9O5. The van der Waals surface area contributed by atoms with E-state index in [2.05, 4.69) is 53.1 Å². The van der Waals surface area contributed by atoms with Gasteiger partial charge in [-0.2, -0.15) is 4.98 Å². The summed E-state index contributed by atoms with van der Waals surface area (Å²) in [5.74, 6) is -0.895. The number of aromatic amines is 1. The number of nitrogens with one attached hydrogen (secondary N) is 5. The van der Waals surface area contributed by atoms with Gasteiger partial charge in [-0.1, -0.05) is 41.9 Å². The van der Waals surface area contributed by atoms with Crippen LogP contribution >= 0.6 is 11.6 Å². The number of anilines is 2. The first-order chi connectivity index (χ1) is 22.7. The number of benzene rings is 2. The first-order valence-electron chi connectivity index (χ1n) is 15.1. The lowest BCUT2D eigenvalue weighted by molar-refractivity contribution is 0.0934. The van der Waals surface area contributed by atoms with E-state index >= 15 is 0 Å². The van der Waals surface area contributed by atoms with Gasteiger partial charge in [0.2, 0.25) is 5.95 Å². The van der Waals surface area contributed by atoms with Crippen LogP contribution in [-0.2, 0) is 0 Å². The number of rotatable bonds is 12. The van der Waals surface area contributed by atoms with Crippen molar-refractivity contribution in [2.75, 3.05) is 63.5 Å². The molecule has 2 aromatic carbocycles. The molecule has 1 atom stereocenters. The van der Waals surface area contributed by atoms with Crippen LogP contribution in [0.2, 0.25) is 5.02 Å². The second-order valence-electron chi connectivity index (χ2n) is 11.2. The van der Waals surface area contributed by atoms with Crippen molar-refractivity contribution < 1.29 is 19.5 Å². The molecule has 0 radical (unpaired) electrons. The Balaban J connectivity index is 1.23. The molecule has 15 heteroatoms. The van der Waals surface area contributed by atoms with Crippen molar-refractivity contribution in [1.29, 1.82) is 0 Å². The Hall–Kier alpha value is -5.05. The maximum Gasteiger partial charge on any atom is 0.404 e. The number of carbonyl (C=O) groups is 3. The second-order valence-corrected chi connectivity index (χ2v) is 11.6. The first-order valence-corrected chi connectivity index (χ1v) is 15.5. The van der Waals surface area contributed by atoms with Gasteiger partial charge in [0.05, 0.1) is 16.8 Å². The van der Waals surface area contributed by atoms with E-state index in [-0.39, 0.29) is 34.0 Å². The molecule has 1 aliphatic heterocycles. The molecule has 0 aliphatic carbocycles. The largest absolute Gasteiger partial charge is 0.465 e. The van der Waals surface area contributed by atoms with Crippen LogP contribution < -0.4 is 26.8 Å². The van der Waals surface area contributed by atoms with E-state index in [1.54, 1.807) is 30.3 Å². The summed E-state index contributed by atoms with van der Waals surface area (Å²) in [5, 5.41) is 20.6. The van der Waals surface area contributed by atoms with Gasteiger partial charge in [-0.3, -0.25) is 14.4 Å². The maximum atomic E-state index is 13.2. The summed E-state index contributed by atoms with van der Waals surface area (Å²) in [6, 6.07) is 13.9. The molecule has 6 N–H and O–H groups in total. The standard InChI is InChI=1S/C32H36ClN9O5/c1-41-12-14-42(15-13-41)11-5-10-34-31-35-18-22-16-23(30(45)39-27(22)40-31)29(44)37-25-17-21(8-9-24(25)33)28(43)38-26(19-36-32(46)47)20-6-3-2-4-7-20/h2-4,6-9,16-18,26,36H,5,10-15,19H2,1H3,(H,37,44)(H,38,43)(H,46,47)(H2,34,35,39,40,45). The van der Waals surface area contributed by atoms with Crippen molar-refractivity contribution in [2.24, 2.45) is 0 Å². The number of halogens is 1. The van der Waals surface area contributed by atoms with E-state index < -0.39 is 29.5 Å². The van der Waals surface area contributed by atoms with Gasteiger partial charge in [-0.05, 0) is 49.8 Å². The Morgan fingerprint density at radius 3 is 2.55 bits per heavy atom. The Morgan fingerprint density at radius 2 is 1.81 bits per heavy atom. The fourth-order valence-corrected chi connectivity index (χ4v) is 5.31. The molecule has 2 aromatic heterocycles. The third-order valence-corrected chi connectivity index (χ3v) is 8.14. The molecule has 0 saturated carbocycles. The summed E-state index contributed by atoms with van der Waals surface area (Å²) >= 11 is 6.33. The minimum absolute atomic E-state index is 0.0643. The molecule has 0 bridgehead atoms. The number of fused-ring (bicyclic) bond motifs is 1. The Morgan fingerprint density at radius 1 is 1.04 bits per heavy atom. The van der Waals surface area contributed by atoms with Crippen LogP contribution in [-0.4, -0.2) is 101 Å². The van der Waals surface area contributed by atoms with Crippen LogP contribution in [0.5, 0.6) is 0 Å². The predicted molar refractivity (Wildman–Crippen MR) is 179 cm³/mol. The summed E-state index contributed by atoms with van der Waals surface area (Å²) in [7, 11) is 2.13. The molecule has 0 spiro atoms. The smallest absolute Gasteiger partial charge is 0.404 e. The van der Waals surface area contributed by atoms with Crippen LogP contribution in [0.3, 0.4) is 0 Å². The zero-order chi connectivity index (χ0) is 33.3. The molecule has 1 saturated heterocycles. The third-order valence-electron chi connectivity index (χ3n) is 7.81. The van der Waals surface area contributed by atoms with Gasteiger partial charge in [-0.25, -0.2) is 9.78 Å². The molecule has 1 aliphatic rings. The molecular weight excluding hydrogens is 626 g/mol. The van der Waals surface area contributed by atoms with Gasteiger partial charge < -0.3 is 41.2 Å². The van der Waals surface area contributed by atoms with Gasteiger partial charge in [0.1, 0.15) is 11.2 Å². The number of carbonyl (C=O) groups excluding carboxylic acids is 2. The van der Waals surface area contributed by atoms with Crippen molar-refractivity contribution in [3.63, 3.8) is 0 Å². The zero-order valence-electron chi connectivity index (χ0n) is 25.8. The van der Waals surface area contributed by atoms with Gasteiger partial charge in [0.25, 0.3) is 17.4 Å². The van der Waals surface area contributed by atoms with Crippen molar-refractivity contribution in [3.8, 4) is 0 Å². The van der Waals surface area contributed by atoms with Gasteiger partial charge >= 0.3 is 6.09 Å². The van der Waals surface area contributed by atoms with Crippen molar-refractivity contribution in [2.45, 2.75) is 12.5 Å². The number of hydrogen-bond donors (Lipinski definition) is 6. The van der Waals surface area contributed by atoms with E-state index in [0.717, 1.165) is 39.1 Å². The van der Waals surface area contributed by atoms with Gasteiger partial charge in [0.15, 0.2) is 0 Å². The summed E-state index contributed by atoms with van der Waals surface area (Å²) in [6.45, 7) is 5.82. The normalized spacial score (nSPS) is 14.3. The van der Waals surface area contributed by atoms with E-state index in [1.165, 1.54) is 30.5 Å². The monoisotopic (exact) mass is 661 g/mol. The molecule has 5 rings (SSSR count). The summed E-state index contributed by atoms with van der Waals surface area (Å²) in [6.07, 6.45) is 1.22. The predicted octanol–water partition coefficient (Wildman–Crippen LogP) is 3.01. The summed E-state index contributed by atoms with van der Waals surface area (Å²) in [5.41, 5.74) is 0.396. The average Bonchev–Trinajstić information content (AvgIpc) is 3.06. The molecule has 14 nitrogen and oxygen atoms in total. The molecule has 246 valence electrons. The van der Waals surface area contributed by atoms with Crippen LogP contribution in [0.1, 0.15) is 38.7 Å². The van der Waals surface area contributed by atoms with Crippen molar-refractivity contribution in [1.82, 2.24) is 35.4 Å². The third kappa shape index (κ3) is 9.03. The highest BCUT2D eigenvalue weighted by atomic mass is 35.5. The molecule has 4 aromatic rings. The number of piperazine rings is 1. The number of amides is 3. The van der Waals surface area contributed by atoms with Crippen LogP contribution in [0.25, 0.3) is 11.0 Å². The SMILES string of the molecule is CN1CCN(CCCNc2ncc3cc(C(=O)Nc4cc(C(=O)NC(CNC(=O)O)c5ccccc5)ccc4Cl)c(=O)[nH]c3n2)CC1. The molecule has 47 heavy (non-hydrogen) atoms. The molecule has 3 heterocycles. The quantitative estimate of drug-likeness (QED) is 0.123. The molecule has 3 amide bonds. The number of pyridine rings is 1. The molecule has 1 unspecified atom stereocenters. The van der Waals surface area contributed by atoms with E-state index in [4.69, 9.17) is 16.7 Å². The highest BCUT2D eigenvalue weighted by molar-refractivity contribution is 6.34. The highest BCUT2D eigenvalue weighted by Crippen LogP contribution is 2.24. The summed E-state index contributed by atoms with van der Waals surface area (Å²) < 4.78 is 0.